The molecule has 0 radical (unpaired) electrons. The Kier molecular flexibility index (Phi) is 5.05. The van der Waals surface area contributed by atoms with E-state index < -0.39 is 0 Å². The van der Waals surface area contributed by atoms with Crippen LogP contribution in [0.1, 0.15) is 39.5 Å². The van der Waals surface area contributed by atoms with Crippen LogP contribution in [0.2, 0.25) is 0 Å². The predicted molar refractivity (Wildman–Crippen MR) is 58.9 cm³/mol. The van der Waals surface area contributed by atoms with Crippen LogP contribution in [0, 0.1) is 11.8 Å². The fourth-order valence-corrected chi connectivity index (χ4v) is 1.84. The molecule has 88 valence electrons. The lowest BCUT2D eigenvalue weighted by molar-refractivity contribution is -0.140. The van der Waals surface area contributed by atoms with E-state index in [4.69, 9.17) is 10.6 Å². The van der Waals surface area contributed by atoms with Gasteiger partial charge in [0, 0.05) is 6.04 Å². The molecule has 15 heavy (non-hydrogen) atoms. The van der Waals surface area contributed by atoms with E-state index >= 15 is 0 Å². The van der Waals surface area contributed by atoms with E-state index in [1.165, 1.54) is 0 Å². The molecule has 3 N–H and O–H groups in total. The summed E-state index contributed by atoms with van der Waals surface area (Å²) in [6.07, 6.45) is 4.06. The third kappa shape index (κ3) is 4.18. The van der Waals surface area contributed by atoms with Crippen LogP contribution in [0.25, 0.3) is 0 Å². The molecule has 0 saturated heterocycles. The van der Waals surface area contributed by atoms with Crippen LogP contribution in [0.15, 0.2) is 0 Å². The van der Waals surface area contributed by atoms with Crippen LogP contribution >= 0.6 is 0 Å². The number of hydrogen-bond donors (Lipinski definition) is 2. The van der Waals surface area contributed by atoms with E-state index in [0.29, 0.717) is 12.5 Å². The van der Waals surface area contributed by atoms with Crippen LogP contribution < -0.4 is 11.2 Å². The first-order chi connectivity index (χ1) is 7.11. The lowest BCUT2D eigenvalue weighted by atomic mass is 9.85. The van der Waals surface area contributed by atoms with Gasteiger partial charge in [0.2, 0.25) is 5.91 Å². The Morgan fingerprint density at radius 3 is 2.73 bits per heavy atom. The summed E-state index contributed by atoms with van der Waals surface area (Å²) in [5, 5.41) is 0. The van der Waals surface area contributed by atoms with E-state index in [2.05, 4.69) is 5.48 Å². The Morgan fingerprint density at radius 1 is 1.47 bits per heavy atom. The zero-order valence-electron chi connectivity index (χ0n) is 9.66. The molecule has 4 heteroatoms. The summed E-state index contributed by atoms with van der Waals surface area (Å²) in [5.74, 6) is 0.305. The summed E-state index contributed by atoms with van der Waals surface area (Å²) < 4.78 is 0. The number of carbonyl (C=O) groups excluding carboxylic acids is 1. The number of rotatable bonds is 4. The van der Waals surface area contributed by atoms with Gasteiger partial charge in [0.1, 0.15) is 0 Å². The Morgan fingerprint density at radius 2 is 2.13 bits per heavy atom. The quantitative estimate of drug-likeness (QED) is 0.691. The standard InChI is InChI=1S/C11H22N2O2/c1-8(2)7-15-13-11(14)9-5-3-4-6-10(9)12/h8-10H,3-7,12H2,1-2H3,(H,13,14). The summed E-state index contributed by atoms with van der Waals surface area (Å²) >= 11 is 0. The molecule has 1 saturated carbocycles. The third-order valence-electron chi connectivity index (χ3n) is 2.75. The second-order valence-electron chi connectivity index (χ2n) is 4.73. The highest BCUT2D eigenvalue weighted by atomic mass is 16.6. The highest BCUT2D eigenvalue weighted by Gasteiger charge is 2.28. The van der Waals surface area contributed by atoms with Gasteiger partial charge < -0.3 is 5.73 Å². The van der Waals surface area contributed by atoms with Gasteiger partial charge in [0.25, 0.3) is 0 Å². The minimum Gasteiger partial charge on any atom is -0.327 e. The van der Waals surface area contributed by atoms with Crippen LogP contribution in [-0.2, 0) is 9.63 Å². The van der Waals surface area contributed by atoms with Crippen molar-refractivity contribution in [3.8, 4) is 0 Å². The van der Waals surface area contributed by atoms with Gasteiger partial charge in [-0.2, -0.15) is 0 Å². The lowest BCUT2D eigenvalue weighted by Gasteiger charge is -2.27. The van der Waals surface area contributed by atoms with Crippen molar-refractivity contribution >= 4 is 5.91 Å². The molecule has 1 aliphatic rings. The van der Waals surface area contributed by atoms with E-state index in [1.54, 1.807) is 0 Å². The monoisotopic (exact) mass is 214 g/mol. The van der Waals surface area contributed by atoms with E-state index in [0.717, 1.165) is 25.7 Å². The molecule has 1 rings (SSSR count). The first kappa shape index (κ1) is 12.5. The highest BCUT2D eigenvalue weighted by molar-refractivity contribution is 5.78. The fraction of sp³-hybridized carbons (Fsp3) is 0.909. The third-order valence-corrected chi connectivity index (χ3v) is 2.75. The van der Waals surface area contributed by atoms with E-state index in [9.17, 15) is 4.79 Å². The Labute approximate surface area is 91.5 Å². The van der Waals surface area contributed by atoms with Crippen LogP contribution in [0.4, 0.5) is 0 Å². The van der Waals surface area contributed by atoms with Crippen molar-refractivity contribution in [2.24, 2.45) is 17.6 Å². The summed E-state index contributed by atoms with van der Waals surface area (Å²) in [4.78, 5) is 16.8. The van der Waals surface area contributed by atoms with Crippen molar-refractivity contribution in [3.63, 3.8) is 0 Å². The number of nitrogens with one attached hydrogen (secondary N) is 1. The van der Waals surface area contributed by atoms with Gasteiger partial charge in [0.05, 0.1) is 12.5 Å². The molecule has 0 bridgehead atoms. The molecular weight excluding hydrogens is 192 g/mol. The van der Waals surface area contributed by atoms with Gasteiger partial charge in [-0.05, 0) is 18.8 Å². The van der Waals surface area contributed by atoms with Gasteiger partial charge in [-0.25, -0.2) is 5.48 Å². The largest absolute Gasteiger partial charge is 0.327 e. The zero-order valence-corrected chi connectivity index (χ0v) is 9.66. The molecule has 0 aromatic carbocycles. The molecule has 0 aliphatic heterocycles. The summed E-state index contributed by atoms with van der Waals surface area (Å²) in [6, 6.07) is 0.00130. The molecule has 0 aromatic rings. The topological polar surface area (TPSA) is 64.3 Å². The Hall–Kier alpha value is -0.610. The van der Waals surface area contributed by atoms with Crippen molar-refractivity contribution in [1.82, 2.24) is 5.48 Å². The van der Waals surface area contributed by atoms with Crippen molar-refractivity contribution in [2.75, 3.05) is 6.61 Å². The molecule has 1 fully saturated rings. The van der Waals surface area contributed by atoms with Gasteiger partial charge in [0.15, 0.2) is 0 Å². The summed E-state index contributed by atoms with van der Waals surface area (Å²) in [6.45, 7) is 4.63. The minimum atomic E-state index is -0.0640. The first-order valence-electron chi connectivity index (χ1n) is 5.78. The van der Waals surface area contributed by atoms with Crippen molar-refractivity contribution < 1.29 is 9.63 Å². The van der Waals surface area contributed by atoms with Crippen molar-refractivity contribution in [1.29, 1.82) is 0 Å². The average Bonchev–Trinajstić information content (AvgIpc) is 2.17. The molecule has 2 unspecified atom stereocenters. The zero-order chi connectivity index (χ0) is 11.3. The van der Waals surface area contributed by atoms with Gasteiger partial charge in [-0.1, -0.05) is 26.7 Å². The molecule has 1 aliphatic carbocycles. The molecule has 0 heterocycles. The Balaban J connectivity index is 2.26. The number of hydroxylamine groups is 1. The normalized spacial score (nSPS) is 26.7. The minimum absolute atomic E-state index is 0.00130. The highest BCUT2D eigenvalue weighted by Crippen LogP contribution is 2.22. The second-order valence-corrected chi connectivity index (χ2v) is 4.73. The molecule has 0 spiro atoms. The molecule has 0 aromatic heterocycles. The fourth-order valence-electron chi connectivity index (χ4n) is 1.84. The van der Waals surface area contributed by atoms with Crippen LogP contribution in [0.3, 0.4) is 0 Å². The Bertz CT molecular complexity index is 207. The number of carbonyl (C=O) groups is 1. The summed E-state index contributed by atoms with van der Waals surface area (Å²) in [7, 11) is 0. The van der Waals surface area contributed by atoms with E-state index in [1.807, 2.05) is 13.8 Å². The van der Waals surface area contributed by atoms with Crippen molar-refractivity contribution in [2.45, 2.75) is 45.6 Å². The number of hydrogen-bond acceptors (Lipinski definition) is 3. The SMILES string of the molecule is CC(C)CONC(=O)C1CCCCC1N. The van der Waals surface area contributed by atoms with Gasteiger partial charge in [-0.15, -0.1) is 0 Å². The maximum atomic E-state index is 11.7. The number of nitrogens with two attached hydrogens (primary N) is 1. The maximum Gasteiger partial charge on any atom is 0.248 e. The van der Waals surface area contributed by atoms with Gasteiger partial charge in [-0.3, -0.25) is 9.63 Å². The van der Waals surface area contributed by atoms with Gasteiger partial charge >= 0.3 is 0 Å². The van der Waals surface area contributed by atoms with E-state index in [-0.39, 0.29) is 17.9 Å². The molecule has 2 atom stereocenters. The molecule has 1 amide bonds. The number of amides is 1. The molecular formula is C11H22N2O2. The predicted octanol–water partition coefficient (Wildman–Crippen LogP) is 1.21. The first-order valence-corrected chi connectivity index (χ1v) is 5.78. The smallest absolute Gasteiger partial charge is 0.248 e. The molecule has 4 nitrogen and oxygen atoms in total. The van der Waals surface area contributed by atoms with Crippen LogP contribution in [-0.4, -0.2) is 18.6 Å². The lowest BCUT2D eigenvalue weighted by Crippen LogP contribution is -2.43. The van der Waals surface area contributed by atoms with Crippen molar-refractivity contribution in [3.05, 3.63) is 0 Å². The van der Waals surface area contributed by atoms with Crippen LogP contribution in [0.5, 0.6) is 0 Å². The second kappa shape index (κ2) is 6.08. The average molecular weight is 214 g/mol. The maximum absolute atomic E-state index is 11.7. The summed E-state index contributed by atoms with van der Waals surface area (Å²) in [5.41, 5.74) is 8.39.